The molecule has 0 aliphatic carbocycles. The van der Waals surface area contributed by atoms with Crippen LogP contribution in [0.2, 0.25) is 0 Å². The molecule has 0 fully saturated rings. The number of carbonyl (C=O) groups excluding carboxylic acids is 1. The number of nitrogens with zero attached hydrogens (tertiary/aromatic N) is 3. The van der Waals surface area contributed by atoms with E-state index in [1.807, 2.05) is 63.4 Å². The van der Waals surface area contributed by atoms with Crippen molar-refractivity contribution in [3.05, 3.63) is 77.7 Å². The van der Waals surface area contributed by atoms with Gasteiger partial charge in [-0.25, -0.2) is 9.37 Å². The monoisotopic (exact) mass is 480 g/mol. The highest BCUT2D eigenvalue weighted by molar-refractivity contribution is 5.78. The Morgan fingerprint density at radius 3 is 2.49 bits per heavy atom. The van der Waals surface area contributed by atoms with Crippen LogP contribution < -0.4 is 5.73 Å². The fraction of sp³-hybridized carbons (Fsp3) is 0.429. The Labute approximate surface area is 207 Å². The summed E-state index contributed by atoms with van der Waals surface area (Å²) in [5, 5.41) is 0. The van der Waals surface area contributed by atoms with Crippen molar-refractivity contribution in [3.8, 4) is 11.3 Å². The number of aryl methyl sites for hydroxylation is 1. The Hall–Kier alpha value is -3.03. The lowest BCUT2D eigenvalue weighted by Gasteiger charge is -2.40. The lowest BCUT2D eigenvalue weighted by molar-refractivity contribution is -0.141. The largest absolute Gasteiger partial charge is 0.375 e. The molecule has 0 spiro atoms. The number of hydrogen-bond acceptors (Lipinski definition) is 4. The first-order valence-electron chi connectivity index (χ1n) is 11.9. The highest BCUT2D eigenvalue weighted by atomic mass is 19.1. The molecular weight excluding hydrogens is 443 g/mol. The number of alkyl halides is 1. The summed E-state index contributed by atoms with van der Waals surface area (Å²) in [5.41, 5.74) is 9.23. The lowest BCUT2D eigenvalue weighted by Crippen LogP contribution is -2.47. The minimum atomic E-state index is -1.35. The van der Waals surface area contributed by atoms with Gasteiger partial charge in [0.2, 0.25) is 5.91 Å². The van der Waals surface area contributed by atoms with E-state index < -0.39 is 17.6 Å². The predicted octanol–water partition coefficient (Wildman–Crippen LogP) is 4.77. The van der Waals surface area contributed by atoms with E-state index in [1.54, 1.807) is 4.90 Å². The number of imidazole rings is 1. The second-order valence-electron chi connectivity index (χ2n) is 10.0. The molecule has 0 saturated heterocycles. The van der Waals surface area contributed by atoms with E-state index in [0.717, 1.165) is 16.8 Å². The van der Waals surface area contributed by atoms with Crippen LogP contribution >= 0.6 is 0 Å². The van der Waals surface area contributed by atoms with Crippen LogP contribution in [0.5, 0.6) is 0 Å². The van der Waals surface area contributed by atoms with Gasteiger partial charge in [-0.15, -0.1) is 0 Å². The Bertz CT molecular complexity index is 1110. The van der Waals surface area contributed by atoms with Gasteiger partial charge in [0.25, 0.3) is 0 Å². The molecule has 0 aliphatic heterocycles. The standard InChI is InChI=1S/C28H37FN4O2/c1-20-10-9-11-21(14-20)16-32-18-24(22-12-7-6-8-13-22)31-27(32)26(28(2,3)4)33(17-23(29)15-30)25(34)19-35-5/h6-14,18,23,26H,15-17,19,30H2,1-5H3/t23-,26+/m1/s1. The van der Waals surface area contributed by atoms with Gasteiger partial charge in [0.1, 0.15) is 18.6 Å². The Kier molecular flexibility index (Phi) is 8.81. The molecule has 1 aromatic heterocycles. The molecule has 35 heavy (non-hydrogen) atoms. The van der Waals surface area contributed by atoms with Gasteiger partial charge >= 0.3 is 0 Å². The minimum Gasteiger partial charge on any atom is -0.375 e. The van der Waals surface area contributed by atoms with Gasteiger partial charge in [-0.3, -0.25) is 4.79 Å². The molecule has 0 bridgehead atoms. The highest BCUT2D eigenvalue weighted by Gasteiger charge is 2.39. The summed E-state index contributed by atoms with van der Waals surface area (Å²) in [6.07, 6.45) is 0.662. The number of halogens is 1. The Morgan fingerprint density at radius 2 is 1.89 bits per heavy atom. The highest BCUT2D eigenvalue weighted by Crippen LogP contribution is 2.39. The Balaban J connectivity index is 2.17. The maximum Gasteiger partial charge on any atom is 0.249 e. The van der Waals surface area contributed by atoms with E-state index in [2.05, 4.69) is 29.7 Å². The minimum absolute atomic E-state index is 0.126. The average Bonchev–Trinajstić information content (AvgIpc) is 3.21. The number of nitrogens with two attached hydrogens (primary N) is 1. The average molecular weight is 481 g/mol. The van der Waals surface area contributed by atoms with Crippen LogP contribution in [-0.2, 0) is 16.1 Å². The van der Waals surface area contributed by atoms with Crippen LogP contribution in [-0.4, -0.2) is 53.3 Å². The first kappa shape index (κ1) is 26.6. The normalized spacial score (nSPS) is 13.5. The van der Waals surface area contributed by atoms with Crippen molar-refractivity contribution in [3.63, 3.8) is 0 Å². The third-order valence-electron chi connectivity index (χ3n) is 5.93. The maximum absolute atomic E-state index is 14.6. The van der Waals surface area contributed by atoms with Crippen LogP contribution in [0.25, 0.3) is 11.3 Å². The number of benzene rings is 2. The molecular formula is C28H37FN4O2. The van der Waals surface area contributed by atoms with Gasteiger partial charge in [0.15, 0.2) is 0 Å². The van der Waals surface area contributed by atoms with Crippen LogP contribution in [0.4, 0.5) is 4.39 Å². The van der Waals surface area contributed by atoms with Crippen LogP contribution in [0, 0.1) is 12.3 Å². The summed E-state index contributed by atoms with van der Waals surface area (Å²) in [5.74, 6) is 0.404. The van der Waals surface area contributed by atoms with Crippen molar-refractivity contribution in [2.24, 2.45) is 11.1 Å². The third-order valence-corrected chi connectivity index (χ3v) is 5.93. The summed E-state index contributed by atoms with van der Waals surface area (Å²) in [6, 6.07) is 17.7. The van der Waals surface area contributed by atoms with Crippen molar-refractivity contribution in [2.75, 3.05) is 26.8 Å². The van der Waals surface area contributed by atoms with Crippen LogP contribution in [0.15, 0.2) is 60.8 Å². The van der Waals surface area contributed by atoms with E-state index >= 15 is 0 Å². The first-order chi connectivity index (χ1) is 16.6. The van der Waals surface area contributed by atoms with Gasteiger partial charge in [-0.2, -0.15) is 0 Å². The molecule has 0 radical (unpaired) electrons. The predicted molar refractivity (Wildman–Crippen MR) is 138 cm³/mol. The number of carbonyl (C=O) groups is 1. The molecule has 3 rings (SSSR count). The number of aromatic nitrogens is 2. The first-order valence-corrected chi connectivity index (χ1v) is 11.9. The van der Waals surface area contributed by atoms with Gasteiger partial charge in [-0.05, 0) is 17.9 Å². The molecule has 3 aromatic rings. The molecule has 0 unspecified atom stereocenters. The van der Waals surface area contributed by atoms with Crippen molar-refractivity contribution in [1.82, 2.24) is 14.5 Å². The lowest BCUT2D eigenvalue weighted by atomic mass is 9.84. The smallest absolute Gasteiger partial charge is 0.249 e. The molecule has 0 saturated carbocycles. The summed E-state index contributed by atoms with van der Waals surface area (Å²) >= 11 is 0. The second-order valence-corrected chi connectivity index (χ2v) is 10.0. The maximum atomic E-state index is 14.6. The molecule has 6 nitrogen and oxygen atoms in total. The van der Waals surface area contributed by atoms with E-state index in [1.165, 1.54) is 12.7 Å². The molecule has 188 valence electrons. The van der Waals surface area contributed by atoms with Gasteiger partial charge in [0, 0.05) is 32.0 Å². The number of methoxy groups -OCH3 is 1. The van der Waals surface area contributed by atoms with Crippen molar-refractivity contribution in [1.29, 1.82) is 0 Å². The van der Waals surface area contributed by atoms with Gasteiger partial charge in [-0.1, -0.05) is 80.9 Å². The second kappa shape index (κ2) is 11.6. The molecule has 7 heteroatoms. The van der Waals surface area contributed by atoms with E-state index in [-0.39, 0.29) is 25.6 Å². The van der Waals surface area contributed by atoms with Gasteiger partial charge in [0.05, 0.1) is 18.3 Å². The summed E-state index contributed by atoms with van der Waals surface area (Å²) in [7, 11) is 1.46. The van der Waals surface area contributed by atoms with Crippen LogP contribution in [0.3, 0.4) is 0 Å². The zero-order chi connectivity index (χ0) is 25.6. The van der Waals surface area contributed by atoms with Crippen molar-refractivity contribution >= 4 is 5.91 Å². The third kappa shape index (κ3) is 6.77. The topological polar surface area (TPSA) is 73.4 Å². The molecule has 2 aromatic carbocycles. The number of amides is 1. The number of ether oxygens (including phenoxy) is 1. The summed E-state index contributed by atoms with van der Waals surface area (Å²) in [4.78, 5) is 19.8. The fourth-order valence-electron chi connectivity index (χ4n) is 4.37. The quantitative estimate of drug-likeness (QED) is 0.454. The molecule has 2 atom stereocenters. The fourth-order valence-corrected chi connectivity index (χ4v) is 4.37. The molecule has 0 aliphatic rings. The molecule has 1 heterocycles. The number of hydrogen-bond donors (Lipinski definition) is 1. The zero-order valence-electron chi connectivity index (χ0n) is 21.4. The Morgan fingerprint density at radius 1 is 1.17 bits per heavy atom. The van der Waals surface area contributed by atoms with E-state index in [0.29, 0.717) is 12.4 Å². The van der Waals surface area contributed by atoms with Crippen molar-refractivity contribution in [2.45, 2.75) is 46.5 Å². The summed E-state index contributed by atoms with van der Waals surface area (Å²) in [6.45, 7) is 8.31. The van der Waals surface area contributed by atoms with Crippen molar-refractivity contribution < 1.29 is 13.9 Å². The zero-order valence-corrected chi connectivity index (χ0v) is 21.4. The van der Waals surface area contributed by atoms with E-state index in [9.17, 15) is 9.18 Å². The molecule has 1 amide bonds. The van der Waals surface area contributed by atoms with E-state index in [4.69, 9.17) is 15.5 Å². The van der Waals surface area contributed by atoms with Crippen LogP contribution in [0.1, 0.15) is 43.8 Å². The summed E-state index contributed by atoms with van der Waals surface area (Å²) < 4.78 is 21.8. The molecule has 2 N–H and O–H groups in total. The van der Waals surface area contributed by atoms with Gasteiger partial charge < -0.3 is 19.9 Å². The SMILES string of the molecule is COCC(=O)N(C[C@H](F)CN)[C@@H](c1nc(-c2ccccc2)cn1Cc1cccc(C)c1)C(C)(C)C. The number of rotatable bonds is 10.